The summed E-state index contributed by atoms with van der Waals surface area (Å²) in [6.45, 7) is -0.433. The number of methoxy groups -OCH3 is 2. The van der Waals surface area contributed by atoms with Crippen molar-refractivity contribution in [2.45, 2.75) is 0 Å². The smallest absolute Gasteiger partial charge is 0.277 e. The van der Waals surface area contributed by atoms with Crippen LogP contribution in [0.2, 0.25) is 5.02 Å². The quantitative estimate of drug-likeness (QED) is 0.307. The van der Waals surface area contributed by atoms with Gasteiger partial charge >= 0.3 is 0 Å². The van der Waals surface area contributed by atoms with E-state index in [0.717, 1.165) is 0 Å². The first-order chi connectivity index (χ1) is 17.0. The average Bonchev–Trinajstić information content (AvgIpc) is 2.87. The van der Waals surface area contributed by atoms with E-state index in [2.05, 4.69) is 15.8 Å². The molecule has 0 bridgehead atoms. The maximum absolute atomic E-state index is 12.3. The highest BCUT2D eigenvalue weighted by molar-refractivity contribution is 6.30. The Balaban J connectivity index is 1.49. The van der Waals surface area contributed by atoms with Crippen LogP contribution in [-0.2, 0) is 9.59 Å². The van der Waals surface area contributed by atoms with E-state index >= 15 is 0 Å². The molecule has 0 spiro atoms. The molecule has 2 amide bonds. The molecule has 0 aromatic heterocycles. The van der Waals surface area contributed by atoms with Gasteiger partial charge in [0.15, 0.2) is 24.7 Å². The van der Waals surface area contributed by atoms with Crippen LogP contribution in [0.15, 0.2) is 71.8 Å². The Morgan fingerprint density at radius 1 is 0.857 bits per heavy atom. The van der Waals surface area contributed by atoms with Crippen LogP contribution in [-0.4, -0.2) is 45.5 Å². The van der Waals surface area contributed by atoms with Crippen LogP contribution in [0, 0.1) is 0 Å². The molecule has 10 heteroatoms. The van der Waals surface area contributed by atoms with Gasteiger partial charge in [-0.2, -0.15) is 5.10 Å². The third kappa shape index (κ3) is 7.94. The van der Waals surface area contributed by atoms with Crippen molar-refractivity contribution in [3.8, 4) is 23.0 Å². The number of hydrogen-bond donors (Lipinski definition) is 2. The molecule has 0 heterocycles. The van der Waals surface area contributed by atoms with Gasteiger partial charge in [-0.15, -0.1) is 0 Å². The fourth-order valence-electron chi connectivity index (χ4n) is 2.85. The number of nitrogens with one attached hydrogen (secondary N) is 2. The van der Waals surface area contributed by atoms with Gasteiger partial charge in [0.1, 0.15) is 11.5 Å². The molecule has 182 valence electrons. The lowest BCUT2D eigenvalue weighted by Gasteiger charge is -2.12. The zero-order valence-corrected chi connectivity index (χ0v) is 19.9. The largest absolute Gasteiger partial charge is 0.495 e. The second-order valence-corrected chi connectivity index (χ2v) is 7.42. The molecule has 3 aromatic rings. The van der Waals surface area contributed by atoms with E-state index in [1.165, 1.54) is 20.4 Å². The lowest BCUT2D eigenvalue weighted by Crippen LogP contribution is -2.24. The first-order valence-electron chi connectivity index (χ1n) is 10.4. The van der Waals surface area contributed by atoms with E-state index in [4.69, 9.17) is 30.5 Å². The van der Waals surface area contributed by atoms with Crippen molar-refractivity contribution < 1.29 is 28.5 Å². The Hall–Kier alpha value is -4.24. The summed E-state index contributed by atoms with van der Waals surface area (Å²) in [6.07, 6.45) is 1.45. The number of nitrogens with zero attached hydrogens (tertiary/aromatic N) is 1. The Labute approximate surface area is 207 Å². The van der Waals surface area contributed by atoms with Crippen molar-refractivity contribution in [2.24, 2.45) is 5.10 Å². The van der Waals surface area contributed by atoms with Crippen LogP contribution in [0.5, 0.6) is 23.0 Å². The van der Waals surface area contributed by atoms with Gasteiger partial charge in [-0.25, -0.2) is 5.43 Å². The minimum absolute atomic E-state index is 0.202. The molecule has 0 unspecified atom stereocenters. The minimum Gasteiger partial charge on any atom is -0.495 e. The molecule has 0 radical (unpaired) electrons. The predicted molar refractivity (Wildman–Crippen MR) is 133 cm³/mol. The molecule has 0 saturated heterocycles. The normalized spacial score (nSPS) is 10.5. The molecule has 0 atom stereocenters. The summed E-state index contributed by atoms with van der Waals surface area (Å²) in [7, 11) is 3.01. The molecule has 0 aliphatic rings. The Morgan fingerprint density at radius 3 is 2.31 bits per heavy atom. The van der Waals surface area contributed by atoms with Crippen molar-refractivity contribution in [3.63, 3.8) is 0 Å². The lowest BCUT2D eigenvalue weighted by molar-refractivity contribution is -0.123. The molecule has 3 aromatic carbocycles. The summed E-state index contributed by atoms with van der Waals surface area (Å²) >= 11 is 5.81. The number of rotatable bonds is 11. The van der Waals surface area contributed by atoms with Gasteiger partial charge in [-0.1, -0.05) is 23.7 Å². The van der Waals surface area contributed by atoms with Crippen molar-refractivity contribution in [1.82, 2.24) is 5.43 Å². The molecule has 2 N–H and O–H groups in total. The highest BCUT2D eigenvalue weighted by atomic mass is 35.5. The van der Waals surface area contributed by atoms with E-state index < -0.39 is 5.91 Å². The van der Waals surface area contributed by atoms with Gasteiger partial charge in [0.05, 0.1) is 26.1 Å². The van der Waals surface area contributed by atoms with Crippen LogP contribution >= 0.6 is 11.6 Å². The molecule has 35 heavy (non-hydrogen) atoms. The van der Waals surface area contributed by atoms with Gasteiger partial charge in [-0.05, 0) is 60.2 Å². The molecular formula is C25H24ClN3O6. The number of carbonyl (C=O) groups excluding carboxylic acids is 2. The Morgan fingerprint density at radius 2 is 1.57 bits per heavy atom. The van der Waals surface area contributed by atoms with E-state index in [1.54, 1.807) is 66.7 Å². The second kappa shape index (κ2) is 12.9. The SMILES string of the molecule is COc1ccccc1NC(=O)COc1ccc(/C=N\NC(=O)COc2ccc(Cl)cc2)cc1OC. The number of anilines is 1. The summed E-state index contributed by atoms with van der Waals surface area (Å²) < 4.78 is 21.5. The standard InChI is InChI=1S/C25H24ClN3O6/c1-32-21-6-4-3-5-20(21)28-24(30)15-35-22-12-7-17(13-23(22)33-2)14-27-29-25(31)16-34-19-10-8-18(26)9-11-19/h3-14H,15-16H2,1-2H3,(H,28,30)(H,29,31)/b27-14-. The molecule has 9 nitrogen and oxygen atoms in total. The van der Waals surface area contributed by atoms with E-state index in [9.17, 15) is 9.59 Å². The monoisotopic (exact) mass is 497 g/mol. The summed E-state index contributed by atoms with van der Waals surface area (Å²) in [4.78, 5) is 24.2. The van der Waals surface area contributed by atoms with Gasteiger partial charge in [0, 0.05) is 5.02 Å². The second-order valence-electron chi connectivity index (χ2n) is 6.98. The number of benzene rings is 3. The average molecular weight is 498 g/mol. The summed E-state index contributed by atoms with van der Waals surface area (Å²) in [6, 6.07) is 18.7. The molecule has 0 aliphatic heterocycles. The first-order valence-corrected chi connectivity index (χ1v) is 10.8. The number of halogens is 1. The molecular weight excluding hydrogens is 474 g/mol. The Kier molecular flexibility index (Phi) is 9.32. The maximum atomic E-state index is 12.3. The van der Waals surface area contributed by atoms with Gasteiger partial charge in [0.25, 0.3) is 11.8 Å². The highest BCUT2D eigenvalue weighted by Gasteiger charge is 2.11. The third-order valence-corrected chi connectivity index (χ3v) is 4.77. The van der Waals surface area contributed by atoms with Crippen molar-refractivity contribution in [2.75, 3.05) is 32.8 Å². The van der Waals surface area contributed by atoms with Crippen LogP contribution in [0.4, 0.5) is 5.69 Å². The van der Waals surface area contributed by atoms with E-state index in [0.29, 0.717) is 39.3 Å². The van der Waals surface area contributed by atoms with Crippen molar-refractivity contribution in [1.29, 1.82) is 0 Å². The summed E-state index contributed by atoms with van der Waals surface area (Å²) in [5, 5.41) is 7.23. The van der Waals surface area contributed by atoms with Crippen molar-refractivity contribution in [3.05, 3.63) is 77.3 Å². The first kappa shape index (κ1) is 25.4. The third-order valence-electron chi connectivity index (χ3n) is 4.51. The summed E-state index contributed by atoms with van der Waals surface area (Å²) in [5.74, 6) is 1.06. The van der Waals surface area contributed by atoms with Crippen molar-refractivity contribution >= 4 is 35.3 Å². The maximum Gasteiger partial charge on any atom is 0.277 e. The van der Waals surface area contributed by atoms with Gasteiger partial charge in [-0.3, -0.25) is 9.59 Å². The highest BCUT2D eigenvalue weighted by Crippen LogP contribution is 2.28. The molecule has 0 saturated carbocycles. The fraction of sp³-hybridized carbons (Fsp3) is 0.160. The van der Waals surface area contributed by atoms with Crippen LogP contribution < -0.4 is 29.7 Å². The zero-order chi connectivity index (χ0) is 25.0. The topological polar surface area (TPSA) is 107 Å². The van der Waals surface area contributed by atoms with E-state index in [1.807, 2.05) is 0 Å². The van der Waals surface area contributed by atoms with Crippen LogP contribution in [0.1, 0.15) is 5.56 Å². The lowest BCUT2D eigenvalue weighted by atomic mass is 10.2. The number of carbonyl (C=O) groups is 2. The predicted octanol–water partition coefficient (Wildman–Crippen LogP) is 3.90. The Bertz CT molecular complexity index is 1180. The zero-order valence-electron chi connectivity index (χ0n) is 19.1. The number of hydrazone groups is 1. The van der Waals surface area contributed by atoms with Gasteiger partial charge in [0.2, 0.25) is 0 Å². The van der Waals surface area contributed by atoms with Crippen LogP contribution in [0.25, 0.3) is 0 Å². The molecule has 0 fully saturated rings. The molecule has 3 rings (SSSR count). The fourth-order valence-corrected chi connectivity index (χ4v) is 2.98. The minimum atomic E-state index is -0.427. The number of amides is 2. The molecule has 0 aliphatic carbocycles. The van der Waals surface area contributed by atoms with Crippen LogP contribution in [0.3, 0.4) is 0 Å². The summed E-state index contributed by atoms with van der Waals surface area (Å²) in [5.41, 5.74) is 3.57. The number of ether oxygens (including phenoxy) is 4. The number of hydrogen-bond acceptors (Lipinski definition) is 7. The van der Waals surface area contributed by atoms with E-state index in [-0.39, 0.29) is 19.1 Å². The van der Waals surface area contributed by atoms with Gasteiger partial charge < -0.3 is 24.3 Å². The number of para-hydroxylation sites is 2.